The lowest BCUT2D eigenvalue weighted by molar-refractivity contribution is -0.129. The highest BCUT2D eigenvalue weighted by Gasteiger charge is 2.09. The molecule has 0 atom stereocenters. The van der Waals surface area contributed by atoms with Gasteiger partial charge in [0, 0.05) is 13.1 Å². The first-order valence-electron chi connectivity index (χ1n) is 7.68. The minimum atomic E-state index is -0.268. The standard InChI is InChI=1S/C19H22N2O2/c1-14-7-3-5-9-16(14)12-20-18(22)11-19(23)21-13-17-10-6-4-8-15(17)2/h3-10H,11-13H2,1-2H3,(H,20,22)(H,21,23). The van der Waals surface area contributed by atoms with Crippen LogP contribution in [0.2, 0.25) is 0 Å². The van der Waals surface area contributed by atoms with E-state index in [1.165, 1.54) is 0 Å². The minimum absolute atomic E-state index is 0.155. The van der Waals surface area contributed by atoms with Crippen LogP contribution in [0.4, 0.5) is 0 Å². The molecule has 2 aromatic rings. The van der Waals surface area contributed by atoms with Gasteiger partial charge in [0.2, 0.25) is 11.8 Å². The van der Waals surface area contributed by atoms with Gasteiger partial charge in [-0.3, -0.25) is 9.59 Å². The van der Waals surface area contributed by atoms with Crippen molar-refractivity contribution in [1.29, 1.82) is 0 Å². The van der Waals surface area contributed by atoms with Gasteiger partial charge in [-0.15, -0.1) is 0 Å². The second-order valence-electron chi connectivity index (χ2n) is 5.58. The van der Waals surface area contributed by atoms with Crippen molar-refractivity contribution in [1.82, 2.24) is 10.6 Å². The first kappa shape index (κ1) is 16.7. The number of nitrogens with one attached hydrogen (secondary N) is 2. The van der Waals surface area contributed by atoms with Crippen molar-refractivity contribution < 1.29 is 9.59 Å². The van der Waals surface area contributed by atoms with Crippen molar-refractivity contribution >= 4 is 11.8 Å². The number of benzene rings is 2. The predicted octanol–water partition coefficient (Wildman–Crippen LogP) is 2.63. The summed E-state index contributed by atoms with van der Waals surface area (Å²) in [7, 11) is 0. The highest BCUT2D eigenvalue weighted by molar-refractivity contribution is 5.96. The van der Waals surface area contributed by atoms with Gasteiger partial charge in [0.25, 0.3) is 0 Å². The molecule has 2 aromatic carbocycles. The molecule has 0 unspecified atom stereocenters. The van der Waals surface area contributed by atoms with Gasteiger partial charge in [-0.1, -0.05) is 48.5 Å². The summed E-state index contributed by atoms with van der Waals surface area (Å²) >= 11 is 0. The third kappa shape index (κ3) is 5.25. The molecule has 0 saturated heterocycles. The first-order valence-corrected chi connectivity index (χ1v) is 7.68. The first-order chi connectivity index (χ1) is 11.1. The number of hydrogen-bond donors (Lipinski definition) is 2. The lowest BCUT2D eigenvalue weighted by Crippen LogP contribution is -2.31. The van der Waals surface area contributed by atoms with Crippen LogP contribution in [0.3, 0.4) is 0 Å². The SMILES string of the molecule is Cc1ccccc1CNC(=O)CC(=O)NCc1ccccc1C. The second kappa shape index (κ2) is 8.13. The third-order valence-electron chi connectivity index (χ3n) is 3.80. The Morgan fingerprint density at radius 2 is 1.13 bits per heavy atom. The van der Waals surface area contributed by atoms with Crippen molar-refractivity contribution in [3.8, 4) is 0 Å². The zero-order chi connectivity index (χ0) is 16.7. The lowest BCUT2D eigenvalue weighted by Gasteiger charge is -2.09. The van der Waals surface area contributed by atoms with Crippen LogP contribution in [0.5, 0.6) is 0 Å². The lowest BCUT2D eigenvalue weighted by atomic mass is 10.1. The van der Waals surface area contributed by atoms with E-state index in [0.29, 0.717) is 13.1 Å². The van der Waals surface area contributed by atoms with E-state index < -0.39 is 0 Å². The van der Waals surface area contributed by atoms with Gasteiger partial charge in [0.15, 0.2) is 0 Å². The quantitative estimate of drug-likeness (QED) is 0.806. The monoisotopic (exact) mass is 310 g/mol. The molecule has 4 heteroatoms. The molecule has 2 rings (SSSR count). The summed E-state index contributed by atoms with van der Waals surface area (Å²) < 4.78 is 0. The molecule has 0 fully saturated rings. The van der Waals surface area contributed by atoms with Crippen LogP contribution in [-0.2, 0) is 22.7 Å². The average molecular weight is 310 g/mol. The Kier molecular flexibility index (Phi) is 5.92. The van der Waals surface area contributed by atoms with Gasteiger partial charge in [-0.25, -0.2) is 0 Å². The molecular formula is C19H22N2O2. The summed E-state index contributed by atoms with van der Waals surface area (Å²) in [6.07, 6.45) is -0.155. The van der Waals surface area contributed by atoms with Crippen molar-refractivity contribution in [3.63, 3.8) is 0 Å². The van der Waals surface area contributed by atoms with Crippen molar-refractivity contribution in [3.05, 3.63) is 70.8 Å². The molecule has 2 amide bonds. The van der Waals surface area contributed by atoms with Crippen molar-refractivity contribution in [2.75, 3.05) is 0 Å². The van der Waals surface area contributed by atoms with Gasteiger partial charge in [0.05, 0.1) is 0 Å². The number of carbonyl (C=O) groups excluding carboxylic acids is 2. The Bertz CT molecular complexity index is 636. The zero-order valence-corrected chi connectivity index (χ0v) is 13.6. The van der Waals surface area contributed by atoms with E-state index in [2.05, 4.69) is 10.6 Å². The molecule has 0 radical (unpaired) electrons. The van der Waals surface area contributed by atoms with Crippen LogP contribution in [-0.4, -0.2) is 11.8 Å². The number of aryl methyl sites for hydroxylation is 2. The predicted molar refractivity (Wildman–Crippen MR) is 90.7 cm³/mol. The molecule has 0 aromatic heterocycles. The summed E-state index contributed by atoms with van der Waals surface area (Å²) in [5.41, 5.74) is 4.36. The molecule has 0 aliphatic carbocycles. The Morgan fingerprint density at radius 3 is 1.52 bits per heavy atom. The molecule has 0 saturated carbocycles. The summed E-state index contributed by atoms with van der Waals surface area (Å²) in [5, 5.41) is 5.56. The molecule has 23 heavy (non-hydrogen) atoms. The van der Waals surface area contributed by atoms with E-state index in [4.69, 9.17) is 0 Å². The van der Waals surface area contributed by atoms with Crippen LogP contribution in [0, 0.1) is 13.8 Å². The molecular weight excluding hydrogens is 288 g/mol. The number of amides is 2. The number of hydrogen-bond acceptors (Lipinski definition) is 2. The van der Waals surface area contributed by atoms with Crippen LogP contribution in [0.1, 0.15) is 28.7 Å². The second-order valence-corrected chi connectivity index (χ2v) is 5.58. The molecule has 4 nitrogen and oxygen atoms in total. The topological polar surface area (TPSA) is 58.2 Å². The number of carbonyl (C=O) groups is 2. The summed E-state index contributed by atoms with van der Waals surface area (Å²) in [4.78, 5) is 23.7. The summed E-state index contributed by atoms with van der Waals surface area (Å²) in [5.74, 6) is -0.536. The van der Waals surface area contributed by atoms with Crippen LogP contribution < -0.4 is 10.6 Å². The van der Waals surface area contributed by atoms with E-state index in [1.807, 2.05) is 62.4 Å². The highest BCUT2D eigenvalue weighted by atomic mass is 16.2. The molecule has 120 valence electrons. The fraction of sp³-hybridized carbons (Fsp3) is 0.263. The van der Waals surface area contributed by atoms with Gasteiger partial charge in [0.1, 0.15) is 6.42 Å². The maximum Gasteiger partial charge on any atom is 0.229 e. The van der Waals surface area contributed by atoms with E-state index in [-0.39, 0.29) is 18.2 Å². The fourth-order valence-electron chi connectivity index (χ4n) is 2.28. The molecule has 0 aliphatic rings. The van der Waals surface area contributed by atoms with E-state index in [9.17, 15) is 9.59 Å². The maximum absolute atomic E-state index is 11.8. The largest absolute Gasteiger partial charge is 0.352 e. The Morgan fingerprint density at radius 1 is 0.739 bits per heavy atom. The number of rotatable bonds is 6. The van der Waals surface area contributed by atoms with E-state index in [0.717, 1.165) is 22.3 Å². The molecule has 2 N–H and O–H groups in total. The Balaban J connectivity index is 1.76. The summed E-state index contributed by atoms with van der Waals surface area (Å²) in [6.45, 7) is 4.87. The van der Waals surface area contributed by atoms with E-state index in [1.54, 1.807) is 0 Å². The van der Waals surface area contributed by atoms with Crippen LogP contribution in [0.25, 0.3) is 0 Å². The van der Waals surface area contributed by atoms with Gasteiger partial charge in [-0.2, -0.15) is 0 Å². The third-order valence-corrected chi connectivity index (χ3v) is 3.80. The summed E-state index contributed by atoms with van der Waals surface area (Å²) in [6, 6.07) is 15.7. The van der Waals surface area contributed by atoms with Crippen molar-refractivity contribution in [2.24, 2.45) is 0 Å². The van der Waals surface area contributed by atoms with Crippen LogP contribution >= 0.6 is 0 Å². The van der Waals surface area contributed by atoms with E-state index >= 15 is 0 Å². The van der Waals surface area contributed by atoms with Crippen LogP contribution in [0.15, 0.2) is 48.5 Å². The minimum Gasteiger partial charge on any atom is -0.352 e. The fourth-order valence-corrected chi connectivity index (χ4v) is 2.28. The smallest absolute Gasteiger partial charge is 0.229 e. The molecule has 0 spiro atoms. The van der Waals surface area contributed by atoms with Gasteiger partial charge >= 0.3 is 0 Å². The zero-order valence-electron chi connectivity index (χ0n) is 13.6. The molecule has 0 heterocycles. The van der Waals surface area contributed by atoms with Crippen molar-refractivity contribution in [2.45, 2.75) is 33.4 Å². The van der Waals surface area contributed by atoms with Gasteiger partial charge in [-0.05, 0) is 36.1 Å². The normalized spacial score (nSPS) is 10.2. The molecule has 0 aliphatic heterocycles. The Labute approximate surface area is 136 Å². The average Bonchev–Trinajstić information content (AvgIpc) is 2.53. The molecule has 0 bridgehead atoms. The maximum atomic E-state index is 11.8. The highest BCUT2D eigenvalue weighted by Crippen LogP contribution is 2.07. The Hall–Kier alpha value is -2.62. The van der Waals surface area contributed by atoms with Gasteiger partial charge < -0.3 is 10.6 Å².